The second kappa shape index (κ2) is 10.3. The first-order valence-corrected chi connectivity index (χ1v) is 11.4. The summed E-state index contributed by atoms with van der Waals surface area (Å²) in [7, 11) is 3.02. The molecule has 0 fully saturated rings. The second-order valence-corrected chi connectivity index (χ2v) is 8.22. The van der Waals surface area contributed by atoms with Gasteiger partial charge in [0.1, 0.15) is 0 Å². The van der Waals surface area contributed by atoms with Gasteiger partial charge in [-0.1, -0.05) is 36.0 Å². The van der Waals surface area contributed by atoms with Gasteiger partial charge in [0.05, 0.1) is 47.8 Å². The molecule has 9 nitrogen and oxygen atoms in total. The number of carbonyl (C=O) groups is 2. The van der Waals surface area contributed by atoms with Gasteiger partial charge in [-0.15, -0.1) is 0 Å². The van der Waals surface area contributed by atoms with E-state index in [1.54, 1.807) is 54.6 Å². The Hall–Kier alpha value is -4.31. The summed E-state index contributed by atoms with van der Waals surface area (Å²) in [6.07, 6.45) is 0. The van der Waals surface area contributed by atoms with Crippen LogP contribution >= 0.6 is 11.8 Å². The molecule has 4 rings (SSSR count). The van der Waals surface area contributed by atoms with E-state index in [0.29, 0.717) is 33.2 Å². The second-order valence-electron chi connectivity index (χ2n) is 7.28. The van der Waals surface area contributed by atoms with Gasteiger partial charge < -0.3 is 19.9 Å². The first-order valence-electron chi connectivity index (χ1n) is 10.4. The summed E-state index contributed by atoms with van der Waals surface area (Å²) in [4.78, 5) is 42.1. The maximum Gasteiger partial charge on any atom is 0.337 e. The highest BCUT2D eigenvalue weighted by Gasteiger charge is 2.17. The number of aromatic carboxylic acids is 1. The van der Waals surface area contributed by atoms with Gasteiger partial charge in [-0.25, -0.2) is 9.78 Å². The quantitative estimate of drug-likeness (QED) is 0.282. The van der Waals surface area contributed by atoms with Crippen molar-refractivity contribution in [2.45, 2.75) is 5.16 Å². The summed E-state index contributed by atoms with van der Waals surface area (Å²) in [6, 6.07) is 18.1. The molecule has 4 aromatic rings. The molecule has 0 radical (unpaired) electrons. The standard InChI is InChI=1S/C25H21N3O6S/c1-33-20-12-11-15(13-21(20)34-2)28-23(30)16-7-3-5-9-18(16)27-25(28)35-14-22(29)26-19-10-6-4-8-17(19)24(31)32/h3-13H,14H2,1-2H3,(H,26,29)(H,31,32). The Labute approximate surface area is 204 Å². The average Bonchev–Trinajstić information content (AvgIpc) is 2.87. The number of carbonyl (C=O) groups excluding carboxylic acids is 1. The number of aromatic nitrogens is 2. The summed E-state index contributed by atoms with van der Waals surface area (Å²) >= 11 is 1.06. The van der Waals surface area contributed by atoms with Crippen LogP contribution in [-0.4, -0.2) is 46.5 Å². The van der Waals surface area contributed by atoms with Gasteiger partial charge in [-0.2, -0.15) is 0 Å². The van der Waals surface area contributed by atoms with Crippen LogP contribution in [0.4, 0.5) is 5.69 Å². The average molecular weight is 492 g/mol. The SMILES string of the molecule is COc1ccc(-n2c(SCC(=O)Nc3ccccc3C(=O)O)nc3ccccc3c2=O)cc1OC. The number of anilines is 1. The van der Waals surface area contributed by atoms with E-state index >= 15 is 0 Å². The van der Waals surface area contributed by atoms with Crippen LogP contribution in [-0.2, 0) is 4.79 Å². The maximum atomic E-state index is 13.4. The smallest absolute Gasteiger partial charge is 0.337 e. The zero-order chi connectivity index (χ0) is 24.9. The molecule has 0 aliphatic heterocycles. The third-order valence-corrected chi connectivity index (χ3v) is 6.07. The van der Waals surface area contributed by atoms with Gasteiger partial charge in [0.15, 0.2) is 16.7 Å². The van der Waals surface area contributed by atoms with E-state index in [0.717, 1.165) is 11.8 Å². The maximum absolute atomic E-state index is 13.4. The molecule has 1 heterocycles. The molecule has 0 aliphatic carbocycles. The van der Waals surface area contributed by atoms with E-state index < -0.39 is 11.9 Å². The Bertz CT molecular complexity index is 1480. The van der Waals surface area contributed by atoms with E-state index in [2.05, 4.69) is 10.3 Å². The van der Waals surface area contributed by atoms with E-state index in [4.69, 9.17) is 9.47 Å². The Morgan fingerprint density at radius 1 is 1.00 bits per heavy atom. The van der Waals surface area contributed by atoms with Crippen LogP contribution in [0.15, 0.2) is 76.7 Å². The Balaban J connectivity index is 1.70. The first kappa shape index (κ1) is 23.8. The molecule has 10 heteroatoms. The molecular weight excluding hydrogens is 470 g/mol. The van der Waals surface area contributed by atoms with Gasteiger partial charge in [-0.3, -0.25) is 14.2 Å². The normalized spacial score (nSPS) is 10.7. The number of benzene rings is 3. The minimum Gasteiger partial charge on any atom is -0.493 e. The Morgan fingerprint density at radius 3 is 2.46 bits per heavy atom. The number of nitrogens with one attached hydrogen (secondary N) is 1. The third-order valence-electron chi connectivity index (χ3n) is 5.13. The fraction of sp³-hybridized carbons (Fsp3) is 0.120. The van der Waals surface area contributed by atoms with Crippen molar-refractivity contribution in [3.05, 3.63) is 82.6 Å². The van der Waals surface area contributed by atoms with Crippen LogP contribution in [0, 0.1) is 0 Å². The van der Waals surface area contributed by atoms with Crippen LogP contribution in [0.3, 0.4) is 0 Å². The predicted octanol–water partition coefficient (Wildman–Crippen LogP) is 3.83. The predicted molar refractivity (Wildman–Crippen MR) is 133 cm³/mol. The number of para-hydroxylation sites is 2. The number of amides is 1. The number of fused-ring (bicyclic) bond motifs is 1. The fourth-order valence-corrected chi connectivity index (χ4v) is 4.31. The number of methoxy groups -OCH3 is 2. The molecule has 1 aromatic heterocycles. The van der Waals surface area contributed by atoms with Crippen LogP contribution in [0.1, 0.15) is 10.4 Å². The summed E-state index contributed by atoms with van der Waals surface area (Å²) < 4.78 is 12.1. The van der Waals surface area contributed by atoms with Crippen molar-refractivity contribution in [1.29, 1.82) is 0 Å². The van der Waals surface area contributed by atoms with Crippen LogP contribution in [0.25, 0.3) is 16.6 Å². The molecular formula is C25H21N3O6S. The lowest BCUT2D eigenvalue weighted by atomic mass is 10.2. The number of carboxylic acid groups (broad SMARTS) is 1. The first-order chi connectivity index (χ1) is 16.9. The number of hydrogen-bond donors (Lipinski definition) is 2. The van der Waals surface area contributed by atoms with Crippen molar-refractivity contribution in [3.63, 3.8) is 0 Å². The Kier molecular flexibility index (Phi) is 7.02. The molecule has 35 heavy (non-hydrogen) atoms. The van der Waals surface area contributed by atoms with Crippen LogP contribution in [0.5, 0.6) is 11.5 Å². The van der Waals surface area contributed by atoms with Gasteiger partial charge in [-0.05, 0) is 36.4 Å². The molecule has 178 valence electrons. The minimum absolute atomic E-state index is 0.0167. The topological polar surface area (TPSA) is 120 Å². The van der Waals surface area contributed by atoms with Gasteiger partial charge >= 0.3 is 5.97 Å². The number of carboxylic acids is 1. The van der Waals surface area contributed by atoms with E-state index in [-0.39, 0.29) is 22.6 Å². The molecule has 0 bridgehead atoms. The van der Waals surface area contributed by atoms with Crippen molar-refractivity contribution in [2.24, 2.45) is 0 Å². The summed E-state index contributed by atoms with van der Waals surface area (Å²) in [6.45, 7) is 0. The molecule has 0 unspecified atom stereocenters. The molecule has 0 spiro atoms. The molecule has 0 aliphatic rings. The highest BCUT2D eigenvalue weighted by atomic mass is 32.2. The lowest BCUT2D eigenvalue weighted by Gasteiger charge is -2.15. The third kappa shape index (κ3) is 4.97. The van der Waals surface area contributed by atoms with Gasteiger partial charge in [0.25, 0.3) is 5.56 Å². The van der Waals surface area contributed by atoms with E-state index in [1.807, 2.05) is 0 Å². The molecule has 1 amide bonds. The van der Waals surface area contributed by atoms with Crippen molar-refractivity contribution < 1.29 is 24.2 Å². The van der Waals surface area contributed by atoms with Crippen LogP contribution in [0.2, 0.25) is 0 Å². The summed E-state index contributed by atoms with van der Waals surface area (Å²) in [5.74, 6) is -0.754. The van der Waals surface area contributed by atoms with Crippen LogP contribution < -0.4 is 20.3 Å². The highest BCUT2D eigenvalue weighted by molar-refractivity contribution is 7.99. The van der Waals surface area contributed by atoms with Gasteiger partial charge in [0.2, 0.25) is 5.91 Å². The highest BCUT2D eigenvalue weighted by Crippen LogP contribution is 2.30. The molecule has 3 aromatic carbocycles. The lowest BCUT2D eigenvalue weighted by Crippen LogP contribution is -2.23. The summed E-state index contributed by atoms with van der Waals surface area (Å²) in [5, 5.41) is 12.7. The van der Waals surface area contributed by atoms with E-state index in [1.165, 1.54) is 30.9 Å². The van der Waals surface area contributed by atoms with Gasteiger partial charge in [0, 0.05) is 6.07 Å². The molecule has 0 saturated carbocycles. The van der Waals surface area contributed by atoms with Crippen molar-refractivity contribution in [3.8, 4) is 17.2 Å². The number of rotatable bonds is 8. The van der Waals surface area contributed by atoms with E-state index in [9.17, 15) is 19.5 Å². The molecule has 0 saturated heterocycles. The zero-order valence-electron chi connectivity index (χ0n) is 18.8. The molecule has 2 N–H and O–H groups in total. The monoisotopic (exact) mass is 491 g/mol. The lowest BCUT2D eigenvalue weighted by molar-refractivity contribution is -0.113. The molecule has 0 atom stereocenters. The number of ether oxygens (including phenoxy) is 2. The number of hydrogen-bond acceptors (Lipinski definition) is 7. The van der Waals surface area contributed by atoms with Crippen molar-refractivity contribution in [1.82, 2.24) is 9.55 Å². The number of thioether (sulfide) groups is 1. The fourth-order valence-electron chi connectivity index (χ4n) is 3.50. The Morgan fingerprint density at radius 2 is 1.71 bits per heavy atom. The number of nitrogens with zero attached hydrogens (tertiary/aromatic N) is 2. The van der Waals surface area contributed by atoms with Crippen molar-refractivity contribution >= 4 is 40.2 Å². The summed E-state index contributed by atoms with van der Waals surface area (Å²) in [5.41, 5.74) is 0.853. The minimum atomic E-state index is -1.15. The zero-order valence-corrected chi connectivity index (χ0v) is 19.7. The largest absolute Gasteiger partial charge is 0.493 e. The van der Waals surface area contributed by atoms with Crippen molar-refractivity contribution in [2.75, 3.05) is 25.3 Å².